The summed E-state index contributed by atoms with van der Waals surface area (Å²) in [6, 6.07) is 13.6. The van der Waals surface area contributed by atoms with E-state index in [1.165, 1.54) is 11.0 Å². The van der Waals surface area contributed by atoms with E-state index in [1.807, 2.05) is 37.4 Å². The van der Waals surface area contributed by atoms with Crippen LogP contribution in [0.1, 0.15) is 17.3 Å². The molecular weight excluding hydrogens is 316 g/mol. The van der Waals surface area contributed by atoms with E-state index in [0.717, 1.165) is 5.69 Å². The zero-order valence-corrected chi connectivity index (χ0v) is 14.2. The van der Waals surface area contributed by atoms with Gasteiger partial charge in [0.15, 0.2) is 5.82 Å². The molecule has 3 rings (SSSR count). The van der Waals surface area contributed by atoms with Crippen LogP contribution in [0.2, 0.25) is 0 Å². The number of anilines is 1. The Balaban J connectivity index is 1.62. The number of likely N-dealkylation sites (N-methyl/N-ethyl adjacent to an activating group) is 1. The van der Waals surface area contributed by atoms with Gasteiger partial charge in [-0.25, -0.2) is 14.6 Å². The number of carbonyl (C=O) groups is 1. The second-order valence-corrected chi connectivity index (χ2v) is 5.75. The van der Waals surface area contributed by atoms with Crippen LogP contribution < -0.4 is 10.2 Å². The molecule has 0 aliphatic carbocycles. The molecule has 0 aliphatic rings. The molecule has 1 amide bonds. The van der Waals surface area contributed by atoms with Crippen molar-refractivity contribution in [3.05, 3.63) is 66.9 Å². The van der Waals surface area contributed by atoms with Crippen LogP contribution in [-0.4, -0.2) is 45.3 Å². The van der Waals surface area contributed by atoms with Crippen molar-refractivity contribution in [2.75, 3.05) is 18.5 Å². The predicted molar refractivity (Wildman–Crippen MR) is 95.8 cm³/mol. The quantitative estimate of drug-likeness (QED) is 0.744. The topological polar surface area (TPSA) is 75.9 Å². The summed E-state index contributed by atoms with van der Waals surface area (Å²) in [7, 11) is 2.02. The Labute approximate surface area is 146 Å². The van der Waals surface area contributed by atoms with Gasteiger partial charge in [-0.2, -0.15) is 5.10 Å². The first-order valence-electron chi connectivity index (χ1n) is 8.02. The summed E-state index contributed by atoms with van der Waals surface area (Å²) in [6.07, 6.45) is 4.56. The number of nitrogens with zero attached hydrogens (tertiary/aromatic N) is 5. The highest BCUT2D eigenvalue weighted by atomic mass is 16.1. The Morgan fingerprint density at radius 2 is 2.08 bits per heavy atom. The predicted octanol–water partition coefficient (Wildman–Crippen LogP) is 1.92. The second-order valence-electron chi connectivity index (χ2n) is 5.75. The van der Waals surface area contributed by atoms with Crippen molar-refractivity contribution < 1.29 is 4.79 Å². The summed E-state index contributed by atoms with van der Waals surface area (Å²) >= 11 is 0. The van der Waals surface area contributed by atoms with Crippen LogP contribution in [0.15, 0.2) is 61.3 Å². The lowest BCUT2D eigenvalue weighted by atomic mass is 10.2. The molecule has 1 aromatic carbocycles. The number of hydrogen-bond donors (Lipinski definition) is 1. The minimum absolute atomic E-state index is 0.142. The van der Waals surface area contributed by atoms with Crippen molar-refractivity contribution in [2.45, 2.75) is 13.0 Å². The van der Waals surface area contributed by atoms with Crippen molar-refractivity contribution >= 4 is 11.6 Å². The average Bonchev–Trinajstić information content (AvgIpc) is 3.21. The van der Waals surface area contributed by atoms with Gasteiger partial charge in [0, 0.05) is 37.1 Å². The van der Waals surface area contributed by atoms with Gasteiger partial charge in [-0.3, -0.25) is 4.79 Å². The number of benzene rings is 1. The summed E-state index contributed by atoms with van der Waals surface area (Å²) in [4.78, 5) is 22.6. The first-order chi connectivity index (χ1) is 12.1. The van der Waals surface area contributed by atoms with Crippen LogP contribution in [0.3, 0.4) is 0 Å². The molecule has 0 spiro atoms. The molecule has 0 radical (unpaired) electrons. The fourth-order valence-electron chi connectivity index (χ4n) is 2.41. The molecule has 128 valence electrons. The number of carbonyl (C=O) groups excluding carboxylic acids is 1. The summed E-state index contributed by atoms with van der Waals surface area (Å²) in [6.45, 7) is 2.60. The number of rotatable bonds is 6. The SMILES string of the molecule is CC(CNC(=O)c1ccnc(-n2cncn2)c1)N(C)c1ccccc1. The van der Waals surface area contributed by atoms with Crippen molar-refractivity contribution in [3.63, 3.8) is 0 Å². The monoisotopic (exact) mass is 336 g/mol. The molecule has 7 heteroatoms. The smallest absolute Gasteiger partial charge is 0.251 e. The second kappa shape index (κ2) is 7.57. The van der Waals surface area contributed by atoms with Gasteiger partial charge in [-0.15, -0.1) is 0 Å². The van der Waals surface area contributed by atoms with Crippen LogP contribution in [0.25, 0.3) is 5.82 Å². The Bertz CT molecular complexity index is 819. The molecule has 2 heterocycles. The van der Waals surface area contributed by atoms with Gasteiger partial charge < -0.3 is 10.2 Å². The van der Waals surface area contributed by atoms with E-state index >= 15 is 0 Å². The van der Waals surface area contributed by atoms with Gasteiger partial charge in [-0.1, -0.05) is 18.2 Å². The van der Waals surface area contributed by atoms with E-state index in [-0.39, 0.29) is 11.9 Å². The summed E-state index contributed by atoms with van der Waals surface area (Å²) in [5.74, 6) is 0.414. The van der Waals surface area contributed by atoms with Crippen LogP contribution >= 0.6 is 0 Å². The molecule has 25 heavy (non-hydrogen) atoms. The molecule has 1 N–H and O–H groups in total. The zero-order valence-electron chi connectivity index (χ0n) is 14.2. The van der Waals surface area contributed by atoms with Crippen LogP contribution in [0, 0.1) is 0 Å². The maximum atomic E-state index is 12.4. The highest BCUT2D eigenvalue weighted by molar-refractivity contribution is 5.94. The third-order valence-electron chi connectivity index (χ3n) is 4.04. The maximum absolute atomic E-state index is 12.4. The Morgan fingerprint density at radius 1 is 1.28 bits per heavy atom. The number of aromatic nitrogens is 4. The molecule has 2 aromatic heterocycles. The maximum Gasteiger partial charge on any atom is 0.251 e. The molecular formula is C18H20N6O. The molecule has 1 unspecified atom stereocenters. The van der Waals surface area contributed by atoms with Gasteiger partial charge in [0.25, 0.3) is 5.91 Å². The van der Waals surface area contributed by atoms with E-state index in [9.17, 15) is 4.79 Å². The molecule has 0 bridgehead atoms. The molecule has 1 atom stereocenters. The molecule has 0 fully saturated rings. The number of nitrogens with one attached hydrogen (secondary N) is 1. The molecule has 0 saturated carbocycles. The lowest BCUT2D eigenvalue weighted by Crippen LogP contribution is -2.40. The van der Waals surface area contributed by atoms with Gasteiger partial charge in [-0.05, 0) is 31.2 Å². The minimum atomic E-state index is -0.142. The molecule has 3 aromatic rings. The highest BCUT2D eigenvalue weighted by Gasteiger charge is 2.13. The summed E-state index contributed by atoms with van der Waals surface area (Å²) in [5.41, 5.74) is 1.65. The molecule has 0 saturated heterocycles. The van der Waals surface area contributed by atoms with Crippen LogP contribution in [0.4, 0.5) is 5.69 Å². The third-order valence-corrected chi connectivity index (χ3v) is 4.04. The lowest BCUT2D eigenvalue weighted by molar-refractivity contribution is 0.0951. The van der Waals surface area contributed by atoms with E-state index in [2.05, 4.69) is 32.2 Å². The van der Waals surface area contributed by atoms with Crippen LogP contribution in [0.5, 0.6) is 0 Å². The normalized spacial score (nSPS) is 11.8. The molecule has 0 aliphatic heterocycles. The van der Waals surface area contributed by atoms with E-state index in [0.29, 0.717) is 17.9 Å². The fraction of sp³-hybridized carbons (Fsp3) is 0.222. The van der Waals surface area contributed by atoms with Crippen molar-refractivity contribution in [1.29, 1.82) is 0 Å². The van der Waals surface area contributed by atoms with Crippen LogP contribution in [-0.2, 0) is 0 Å². The van der Waals surface area contributed by atoms with E-state index < -0.39 is 0 Å². The molecule has 7 nitrogen and oxygen atoms in total. The summed E-state index contributed by atoms with van der Waals surface area (Å²) in [5, 5.41) is 6.99. The average molecular weight is 336 g/mol. The highest BCUT2D eigenvalue weighted by Crippen LogP contribution is 2.13. The van der Waals surface area contributed by atoms with Crippen molar-refractivity contribution in [1.82, 2.24) is 25.1 Å². The number of pyridine rings is 1. The largest absolute Gasteiger partial charge is 0.370 e. The van der Waals surface area contributed by atoms with Gasteiger partial charge in [0.1, 0.15) is 12.7 Å². The van der Waals surface area contributed by atoms with Gasteiger partial charge in [0.2, 0.25) is 0 Å². The number of amides is 1. The lowest BCUT2D eigenvalue weighted by Gasteiger charge is -2.27. The first-order valence-corrected chi connectivity index (χ1v) is 8.02. The fourth-order valence-corrected chi connectivity index (χ4v) is 2.41. The summed E-state index contributed by atoms with van der Waals surface area (Å²) < 4.78 is 1.52. The standard InChI is InChI=1S/C18H20N6O/c1-14(23(2)16-6-4-3-5-7-16)11-21-18(25)15-8-9-20-17(10-15)24-13-19-12-22-24/h3-10,12-14H,11H2,1-2H3,(H,21,25). The number of para-hydroxylation sites is 1. The third kappa shape index (κ3) is 4.00. The Kier molecular flexibility index (Phi) is 5.03. The Morgan fingerprint density at radius 3 is 2.80 bits per heavy atom. The zero-order chi connectivity index (χ0) is 17.6. The van der Waals surface area contributed by atoms with Crippen molar-refractivity contribution in [2.24, 2.45) is 0 Å². The minimum Gasteiger partial charge on any atom is -0.370 e. The Hall–Kier alpha value is -3.22. The van der Waals surface area contributed by atoms with Gasteiger partial charge >= 0.3 is 0 Å². The van der Waals surface area contributed by atoms with E-state index in [1.54, 1.807) is 24.7 Å². The van der Waals surface area contributed by atoms with Gasteiger partial charge in [0.05, 0.1) is 0 Å². The number of hydrogen-bond acceptors (Lipinski definition) is 5. The first kappa shape index (κ1) is 16.6. The van der Waals surface area contributed by atoms with Crippen molar-refractivity contribution in [3.8, 4) is 5.82 Å². The van der Waals surface area contributed by atoms with E-state index in [4.69, 9.17) is 0 Å².